The molecule has 5 heteroatoms. The first-order valence-corrected chi connectivity index (χ1v) is 4.33. The van der Waals surface area contributed by atoms with Gasteiger partial charge in [0, 0.05) is 6.92 Å². The van der Waals surface area contributed by atoms with E-state index in [4.69, 9.17) is 8.83 Å². The number of nitrogens with zero attached hydrogens (tertiary/aromatic N) is 2. The Morgan fingerprint density at radius 1 is 1.21 bits per heavy atom. The highest BCUT2D eigenvalue weighted by atomic mass is 16.4. The summed E-state index contributed by atoms with van der Waals surface area (Å²) in [6.45, 7) is 4.20. The van der Waals surface area contributed by atoms with Crippen LogP contribution in [0.25, 0.3) is 0 Å². The zero-order chi connectivity index (χ0) is 9.97. The van der Waals surface area contributed by atoms with E-state index < -0.39 is 0 Å². The van der Waals surface area contributed by atoms with Gasteiger partial charge in [-0.15, -0.1) is 5.10 Å². The van der Waals surface area contributed by atoms with Gasteiger partial charge in [0.15, 0.2) is 0 Å². The topological polar surface area (TPSA) is 64.1 Å². The third-order valence-electron chi connectivity index (χ3n) is 1.74. The molecule has 0 spiro atoms. The van der Waals surface area contributed by atoms with Crippen LogP contribution in [0.5, 0.6) is 0 Å². The molecule has 0 aliphatic rings. The SMILES string of the molecule is Cc1ccc(CNc2nnc(C)o2)o1. The Balaban J connectivity index is 1.94. The van der Waals surface area contributed by atoms with Crippen molar-refractivity contribution in [1.82, 2.24) is 10.2 Å². The van der Waals surface area contributed by atoms with Crippen LogP contribution in [0.15, 0.2) is 21.0 Å². The summed E-state index contributed by atoms with van der Waals surface area (Å²) in [6, 6.07) is 4.23. The number of anilines is 1. The van der Waals surface area contributed by atoms with Crippen molar-refractivity contribution in [1.29, 1.82) is 0 Å². The monoisotopic (exact) mass is 193 g/mol. The maximum atomic E-state index is 5.36. The molecule has 0 amide bonds. The van der Waals surface area contributed by atoms with E-state index in [-0.39, 0.29) is 0 Å². The zero-order valence-corrected chi connectivity index (χ0v) is 8.07. The van der Waals surface area contributed by atoms with Crippen LogP contribution in [0.4, 0.5) is 6.01 Å². The van der Waals surface area contributed by atoms with Crippen LogP contribution in [0.1, 0.15) is 17.4 Å². The number of nitrogens with one attached hydrogen (secondary N) is 1. The van der Waals surface area contributed by atoms with Crippen molar-refractivity contribution < 1.29 is 8.83 Å². The molecule has 2 rings (SSSR count). The summed E-state index contributed by atoms with van der Waals surface area (Å²) in [5.74, 6) is 2.28. The normalized spacial score (nSPS) is 10.4. The maximum Gasteiger partial charge on any atom is 0.315 e. The summed E-state index contributed by atoms with van der Waals surface area (Å²) >= 11 is 0. The number of aromatic nitrogens is 2. The van der Waals surface area contributed by atoms with E-state index in [1.165, 1.54) is 0 Å². The van der Waals surface area contributed by atoms with E-state index in [0.29, 0.717) is 18.5 Å². The summed E-state index contributed by atoms with van der Waals surface area (Å²) in [6.07, 6.45) is 0. The highest BCUT2D eigenvalue weighted by molar-refractivity contribution is 5.19. The van der Waals surface area contributed by atoms with Crippen molar-refractivity contribution in [3.63, 3.8) is 0 Å². The van der Waals surface area contributed by atoms with Gasteiger partial charge in [0.25, 0.3) is 0 Å². The molecule has 2 heterocycles. The molecule has 2 aromatic heterocycles. The lowest BCUT2D eigenvalue weighted by Gasteiger charge is -1.96. The van der Waals surface area contributed by atoms with Gasteiger partial charge in [0.05, 0.1) is 6.54 Å². The number of hydrogen-bond donors (Lipinski definition) is 1. The van der Waals surface area contributed by atoms with Gasteiger partial charge in [-0.05, 0) is 19.1 Å². The minimum absolute atomic E-state index is 0.413. The molecule has 0 unspecified atom stereocenters. The van der Waals surface area contributed by atoms with Gasteiger partial charge in [-0.3, -0.25) is 0 Å². The Morgan fingerprint density at radius 2 is 2.07 bits per heavy atom. The Labute approximate surface area is 81.1 Å². The highest BCUT2D eigenvalue weighted by Crippen LogP contribution is 2.09. The molecule has 0 saturated heterocycles. The second kappa shape index (κ2) is 3.53. The zero-order valence-electron chi connectivity index (χ0n) is 8.07. The van der Waals surface area contributed by atoms with E-state index in [1.54, 1.807) is 6.92 Å². The van der Waals surface area contributed by atoms with Gasteiger partial charge < -0.3 is 14.2 Å². The van der Waals surface area contributed by atoms with Crippen molar-refractivity contribution in [2.45, 2.75) is 20.4 Å². The summed E-state index contributed by atoms with van der Waals surface area (Å²) in [5.41, 5.74) is 0. The molecule has 74 valence electrons. The van der Waals surface area contributed by atoms with Gasteiger partial charge >= 0.3 is 6.01 Å². The summed E-state index contributed by atoms with van der Waals surface area (Å²) < 4.78 is 10.5. The molecule has 0 radical (unpaired) electrons. The van der Waals surface area contributed by atoms with Gasteiger partial charge in [-0.1, -0.05) is 5.10 Å². The Hall–Kier alpha value is -1.78. The van der Waals surface area contributed by atoms with Crippen LogP contribution in [0.2, 0.25) is 0 Å². The van der Waals surface area contributed by atoms with E-state index in [1.807, 2.05) is 19.1 Å². The first-order chi connectivity index (χ1) is 6.74. The smallest absolute Gasteiger partial charge is 0.315 e. The van der Waals surface area contributed by atoms with Crippen LogP contribution in [-0.2, 0) is 6.54 Å². The maximum absolute atomic E-state index is 5.36. The Kier molecular flexibility index (Phi) is 2.22. The van der Waals surface area contributed by atoms with Crippen molar-refractivity contribution in [2.24, 2.45) is 0 Å². The summed E-state index contributed by atoms with van der Waals surface area (Å²) in [7, 11) is 0. The summed E-state index contributed by atoms with van der Waals surface area (Å²) in [5, 5.41) is 10.5. The second-order valence-corrected chi connectivity index (χ2v) is 2.99. The fourth-order valence-corrected chi connectivity index (χ4v) is 1.11. The minimum Gasteiger partial charge on any atom is -0.465 e. The average Bonchev–Trinajstić information content (AvgIpc) is 2.72. The van der Waals surface area contributed by atoms with Gasteiger partial charge in [-0.25, -0.2) is 0 Å². The van der Waals surface area contributed by atoms with Gasteiger partial charge in [-0.2, -0.15) is 0 Å². The van der Waals surface area contributed by atoms with E-state index in [0.717, 1.165) is 11.5 Å². The fraction of sp³-hybridized carbons (Fsp3) is 0.333. The predicted octanol–water partition coefficient (Wildman–Crippen LogP) is 1.89. The van der Waals surface area contributed by atoms with Crippen LogP contribution in [-0.4, -0.2) is 10.2 Å². The summed E-state index contributed by atoms with van der Waals surface area (Å²) in [4.78, 5) is 0. The molecule has 0 atom stereocenters. The van der Waals surface area contributed by atoms with Gasteiger partial charge in [0.2, 0.25) is 5.89 Å². The van der Waals surface area contributed by atoms with E-state index >= 15 is 0 Å². The van der Waals surface area contributed by atoms with Crippen LogP contribution in [0, 0.1) is 13.8 Å². The molecule has 5 nitrogen and oxygen atoms in total. The van der Waals surface area contributed by atoms with Crippen molar-refractivity contribution >= 4 is 6.01 Å². The molecule has 0 saturated carbocycles. The minimum atomic E-state index is 0.413. The Morgan fingerprint density at radius 3 is 2.64 bits per heavy atom. The molecule has 0 bridgehead atoms. The highest BCUT2D eigenvalue weighted by Gasteiger charge is 2.02. The first kappa shape index (κ1) is 8.80. The van der Waals surface area contributed by atoms with E-state index in [2.05, 4.69) is 15.5 Å². The van der Waals surface area contributed by atoms with Crippen molar-refractivity contribution in [3.8, 4) is 0 Å². The lowest BCUT2D eigenvalue weighted by molar-refractivity contribution is 0.482. The van der Waals surface area contributed by atoms with Crippen molar-refractivity contribution in [2.75, 3.05) is 5.32 Å². The molecule has 2 aromatic rings. The molecule has 0 aliphatic carbocycles. The van der Waals surface area contributed by atoms with Gasteiger partial charge in [0.1, 0.15) is 11.5 Å². The number of aryl methyl sites for hydroxylation is 2. The average molecular weight is 193 g/mol. The van der Waals surface area contributed by atoms with Crippen LogP contribution in [0.3, 0.4) is 0 Å². The molecule has 0 aliphatic heterocycles. The predicted molar refractivity (Wildman–Crippen MR) is 49.8 cm³/mol. The standard InChI is InChI=1S/C9H11N3O2/c1-6-3-4-8(13-6)5-10-9-12-11-7(2)14-9/h3-4H,5H2,1-2H3,(H,10,12). The molecule has 0 fully saturated rings. The lowest BCUT2D eigenvalue weighted by Crippen LogP contribution is -1.97. The van der Waals surface area contributed by atoms with Crippen LogP contribution < -0.4 is 5.32 Å². The molecule has 1 N–H and O–H groups in total. The second-order valence-electron chi connectivity index (χ2n) is 2.99. The number of furan rings is 1. The lowest BCUT2D eigenvalue weighted by atomic mass is 10.4. The largest absolute Gasteiger partial charge is 0.465 e. The van der Waals surface area contributed by atoms with Crippen molar-refractivity contribution in [3.05, 3.63) is 29.5 Å². The number of hydrogen-bond acceptors (Lipinski definition) is 5. The quantitative estimate of drug-likeness (QED) is 0.806. The molecule has 14 heavy (non-hydrogen) atoms. The Bertz CT molecular complexity index is 379. The van der Waals surface area contributed by atoms with Crippen LogP contribution >= 0.6 is 0 Å². The third-order valence-corrected chi connectivity index (χ3v) is 1.74. The fourth-order valence-electron chi connectivity index (χ4n) is 1.11. The third kappa shape index (κ3) is 1.93. The molecular formula is C9H11N3O2. The molecule has 0 aromatic carbocycles. The number of rotatable bonds is 3. The van der Waals surface area contributed by atoms with E-state index in [9.17, 15) is 0 Å². The first-order valence-electron chi connectivity index (χ1n) is 4.33. The molecular weight excluding hydrogens is 182 g/mol.